The molecule has 174 valence electrons. The Labute approximate surface area is 193 Å². The number of piperidine rings is 1. The summed E-state index contributed by atoms with van der Waals surface area (Å²) in [5.74, 6) is 0. The van der Waals surface area contributed by atoms with Crippen LogP contribution in [0.5, 0.6) is 0 Å². The van der Waals surface area contributed by atoms with Crippen molar-refractivity contribution in [2.45, 2.75) is 37.2 Å². The SMILES string of the molecule is CN(Cc1cnn(Cc2ccccc2)c1)c1ccc(S(=O)(=O)N2CCCCC2)cc1[N+](=O)[O-]. The molecule has 10 heteroatoms. The smallest absolute Gasteiger partial charge is 0.293 e. The van der Waals surface area contributed by atoms with Gasteiger partial charge in [-0.25, -0.2) is 8.42 Å². The Morgan fingerprint density at radius 1 is 1.06 bits per heavy atom. The topological polar surface area (TPSA) is 102 Å². The Balaban J connectivity index is 1.53. The summed E-state index contributed by atoms with van der Waals surface area (Å²) in [4.78, 5) is 13.0. The van der Waals surface area contributed by atoms with E-state index in [1.807, 2.05) is 41.2 Å². The number of nitro benzene ring substituents is 1. The lowest BCUT2D eigenvalue weighted by Crippen LogP contribution is -2.35. The molecule has 1 saturated heterocycles. The van der Waals surface area contributed by atoms with E-state index in [1.54, 1.807) is 18.1 Å². The van der Waals surface area contributed by atoms with Gasteiger partial charge in [0.15, 0.2) is 0 Å². The van der Waals surface area contributed by atoms with Crippen molar-refractivity contribution in [3.05, 3.63) is 82.2 Å². The lowest BCUT2D eigenvalue weighted by atomic mass is 10.2. The van der Waals surface area contributed by atoms with Gasteiger partial charge < -0.3 is 4.90 Å². The zero-order valence-electron chi connectivity index (χ0n) is 18.5. The van der Waals surface area contributed by atoms with Crippen LogP contribution >= 0.6 is 0 Å². The van der Waals surface area contributed by atoms with E-state index >= 15 is 0 Å². The Morgan fingerprint density at radius 3 is 2.48 bits per heavy atom. The molecule has 0 saturated carbocycles. The van der Waals surface area contributed by atoms with E-state index < -0.39 is 14.9 Å². The summed E-state index contributed by atoms with van der Waals surface area (Å²) in [5.41, 5.74) is 2.15. The highest BCUT2D eigenvalue weighted by Crippen LogP contribution is 2.32. The minimum absolute atomic E-state index is 0.0380. The first kappa shape index (κ1) is 22.9. The summed E-state index contributed by atoms with van der Waals surface area (Å²) in [6, 6.07) is 14.1. The molecule has 0 bridgehead atoms. The maximum atomic E-state index is 13.0. The summed E-state index contributed by atoms with van der Waals surface area (Å²) in [6.45, 7) is 1.93. The molecule has 2 heterocycles. The third kappa shape index (κ3) is 5.23. The standard InChI is InChI=1S/C23H27N5O4S/c1-25(16-20-15-24-26(18-20)17-19-8-4-2-5-9-19)22-11-10-21(14-23(22)28(29)30)33(31,32)27-12-6-3-7-13-27/h2,4-5,8-11,14-15,18H,3,6-7,12-13,16-17H2,1H3. The quantitative estimate of drug-likeness (QED) is 0.369. The van der Waals surface area contributed by atoms with Crippen LogP contribution in [0.3, 0.4) is 0 Å². The van der Waals surface area contributed by atoms with Crippen molar-refractivity contribution in [2.75, 3.05) is 25.0 Å². The van der Waals surface area contributed by atoms with E-state index in [0.717, 1.165) is 30.4 Å². The fraction of sp³-hybridized carbons (Fsp3) is 0.348. The molecule has 4 rings (SSSR count). The average Bonchev–Trinajstić information content (AvgIpc) is 3.26. The molecular formula is C23H27N5O4S. The van der Waals surface area contributed by atoms with Crippen LogP contribution < -0.4 is 4.90 Å². The number of hydrogen-bond acceptors (Lipinski definition) is 6. The summed E-state index contributed by atoms with van der Waals surface area (Å²) >= 11 is 0. The van der Waals surface area contributed by atoms with E-state index in [9.17, 15) is 18.5 Å². The monoisotopic (exact) mass is 469 g/mol. The summed E-state index contributed by atoms with van der Waals surface area (Å²) in [7, 11) is -2.00. The zero-order chi connectivity index (χ0) is 23.4. The highest BCUT2D eigenvalue weighted by molar-refractivity contribution is 7.89. The van der Waals surface area contributed by atoms with Crippen LogP contribution in [-0.2, 0) is 23.1 Å². The molecule has 0 aliphatic carbocycles. The first-order chi connectivity index (χ1) is 15.8. The molecule has 2 aromatic carbocycles. The molecule has 1 aromatic heterocycles. The van der Waals surface area contributed by atoms with E-state index in [4.69, 9.17) is 0 Å². The molecule has 0 unspecified atom stereocenters. The lowest BCUT2D eigenvalue weighted by molar-refractivity contribution is -0.384. The largest absolute Gasteiger partial charge is 0.365 e. The number of anilines is 1. The third-order valence-corrected chi connectivity index (χ3v) is 7.70. The Morgan fingerprint density at radius 2 is 1.79 bits per heavy atom. The van der Waals surface area contributed by atoms with Crippen molar-refractivity contribution in [3.8, 4) is 0 Å². The average molecular weight is 470 g/mol. The zero-order valence-corrected chi connectivity index (χ0v) is 19.3. The maximum absolute atomic E-state index is 13.0. The second kappa shape index (κ2) is 9.72. The summed E-state index contributed by atoms with van der Waals surface area (Å²) in [5, 5.41) is 16.2. The number of hydrogen-bond donors (Lipinski definition) is 0. The number of nitro groups is 1. The van der Waals surface area contributed by atoms with E-state index in [-0.39, 0.29) is 10.6 Å². The van der Waals surface area contributed by atoms with E-state index in [0.29, 0.717) is 31.9 Å². The lowest BCUT2D eigenvalue weighted by Gasteiger charge is -2.26. The van der Waals surface area contributed by atoms with Gasteiger partial charge in [-0.1, -0.05) is 36.8 Å². The van der Waals surface area contributed by atoms with Crippen molar-refractivity contribution < 1.29 is 13.3 Å². The molecule has 0 spiro atoms. The molecule has 0 atom stereocenters. The molecule has 1 aliphatic rings. The maximum Gasteiger partial charge on any atom is 0.293 e. The van der Waals surface area contributed by atoms with Crippen molar-refractivity contribution in [1.29, 1.82) is 0 Å². The van der Waals surface area contributed by atoms with Gasteiger partial charge in [-0.3, -0.25) is 14.8 Å². The second-order valence-corrected chi connectivity index (χ2v) is 10.2. The van der Waals surface area contributed by atoms with Crippen LogP contribution in [0.2, 0.25) is 0 Å². The molecule has 0 radical (unpaired) electrons. The number of sulfonamides is 1. The minimum atomic E-state index is -3.75. The van der Waals surface area contributed by atoms with Crippen LogP contribution in [-0.4, -0.2) is 47.6 Å². The Hall–Kier alpha value is -3.24. The van der Waals surface area contributed by atoms with Crippen LogP contribution in [0.15, 0.2) is 65.8 Å². The van der Waals surface area contributed by atoms with Gasteiger partial charge in [0.1, 0.15) is 5.69 Å². The fourth-order valence-corrected chi connectivity index (χ4v) is 5.63. The van der Waals surface area contributed by atoms with Gasteiger partial charge >= 0.3 is 0 Å². The van der Waals surface area contributed by atoms with Crippen LogP contribution in [0.4, 0.5) is 11.4 Å². The highest BCUT2D eigenvalue weighted by atomic mass is 32.2. The molecule has 3 aromatic rings. The van der Waals surface area contributed by atoms with Gasteiger partial charge in [-0.05, 0) is 30.5 Å². The molecule has 33 heavy (non-hydrogen) atoms. The molecule has 9 nitrogen and oxygen atoms in total. The van der Waals surface area contributed by atoms with Gasteiger partial charge in [0.2, 0.25) is 10.0 Å². The van der Waals surface area contributed by atoms with Gasteiger partial charge in [-0.15, -0.1) is 0 Å². The van der Waals surface area contributed by atoms with Gasteiger partial charge in [0, 0.05) is 44.5 Å². The molecule has 1 fully saturated rings. The van der Waals surface area contributed by atoms with Crippen molar-refractivity contribution >= 4 is 21.4 Å². The van der Waals surface area contributed by atoms with Gasteiger partial charge in [0.05, 0.1) is 22.6 Å². The predicted octanol–water partition coefficient (Wildman–Crippen LogP) is 3.65. The molecule has 0 N–H and O–H groups in total. The summed E-state index contributed by atoms with van der Waals surface area (Å²) in [6.07, 6.45) is 6.25. The van der Waals surface area contributed by atoms with Crippen LogP contribution in [0.1, 0.15) is 30.4 Å². The van der Waals surface area contributed by atoms with E-state index in [1.165, 1.54) is 22.5 Å². The minimum Gasteiger partial charge on any atom is -0.365 e. The predicted molar refractivity (Wildman–Crippen MR) is 126 cm³/mol. The first-order valence-corrected chi connectivity index (χ1v) is 12.3. The van der Waals surface area contributed by atoms with Gasteiger partial charge in [0.25, 0.3) is 5.69 Å². The Bertz CT molecular complexity index is 1220. The normalized spacial score (nSPS) is 14.8. The fourth-order valence-electron chi connectivity index (χ4n) is 4.09. The Kier molecular flexibility index (Phi) is 6.75. The van der Waals surface area contributed by atoms with Crippen molar-refractivity contribution in [1.82, 2.24) is 14.1 Å². The number of rotatable bonds is 8. The third-order valence-electron chi connectivity index (χ3n) is 5.80. The molecular weight excluding hydrogens is 442 g/mol. The summed E-state index contributed by atoms with van der Waals surface area (Å²) < 4.78 is 29.2. The van der Waals surface area contributed by atoms with Crippen molar-refractivity contribution in [2.24, 2.45) is 0 Å². The van der Waals surface area contributed by atoms with Crippen LogP contribution in [0.25, 0.3) is 0 Å². The van der Waals surface area contributed by atoms with Crippen LogP contribution in [0, 0.1) is 10.1 Å². The second-order valence-electron chi connectivity index (χ2n) is 8.26. The number of benzene rings is 2. The first-order valence-electron chi connectivity index (χ1n) is 10.9. The number of nitrogens with zero attached hydrogens (tertiary/aromatic N) is 5. The van der Waals surface area contributed by atoms with E-state index in [2.05, 4.69) is 5.10 Å². The highest BCUT2D eigenvalue weighted by Gasteiger charge is 2.29. The number of aromatic nitrogens is 2. The molecule has 1 aliphatic heterocycles. The van der Waals surface area contributed by atoms with Crippen molar-refractivity contribution in [3.63, 3.8) is 0 Å². The van der Waals surface area contributed by atoms with Gasteiger partial charge in [-0.2, -0.15) is 9.40 Å². The molecule has 0 amide bonds.